The largest absolute Gasteiger partial charge is 0.448 e. The van der Waals surface area contributed by atoms with Crippen LogP contribution in [0, 0.1) is 5.92 Å². The summed E-state index contributed by atoms with van der Waals surface area (Å²) in [6, 6.07) is 1.94. The molecule has 5 nitrogen and oxygen atoms in total. The van der Waals surface area contributed by atoms with Gasteiger partial charge in [0.2, 0.25) is 0 Å². The number of nitrogens with one attached hydrogen (secondary N) is 1. The van der Waals surface area contributed by atoms with Crippen LogP contribution in [0.3, 0.4) is 0 Å². The monoisotopic (exact) mass is 339 g/mol. The zero-order valence-corrected chi connectivity index (χ0v) is 14.8. The topological polar surface area (TPSA) is 64.6 Å². The fourth-order valence-corrected chi connectivity index (χ4v) is 3.83. The van der Waals surface area contributed by atoms with Crippen LogP contribution in [-0.2, 0) is 27.1 Å². The molecule has 0 bridgehead atoms. The first kappa shape index (κ1) is 17.9. The van der Waals surface area contributed by atoms with Crippen molar-refractivity contribution in [1.82, 2.24) is 5.32 Å². The molecule has 2 atom stereocenters. The number of amides is 1. The molecule has 0 saturated carbocycles. The Balaban J connectivity index is 1.91. The average Bonchev–Trinajstić information content (AvgIpc) is 2.97. The van der Waals surface area contributed by atoms with Crippen molar-refractivity contribution < 1.29 is 19.1 Å². The predicted octanol–water partition coefficient (Wildman–Crippen LogP) is 2.57. The van der Waals surface area contributed by atoms with E-state index in [-0.39, 0.29) is 5.91 Å². The van der Waals surface area contributed by atoms with E-state index in [1.165, 1.54) is 34.6 Å². The van der Waals surface area contributed by atoms with E-state index in [2.05, 4.69) is 12.2 Å². The van der Waals surface area contributed by atoms with Crippen molar-refractivity contribution in [2.75, 3.05) is 20.3 Å². The lowest BCUT2D eigenvalue weighted by Gasteiger charge is -2.19. The van der Waals surface area contributed by atoms with E-state index in [1.807, 2.05) is 6.07 Å². The van der Waals surface area contributed by atoms with Crippen molar-refractivity contribution in [3.63, 3.8) is 0 Å². The minimum absolute atomic E-state index is 0.303. The molecule has 6 heteroatoms. The molecule has 0 unspecified atom stereocenters. The number of esters is 1. The Hall–Kier alpha value is -1.40. The van der Waals surface area contributed by atoms with Crippen LogP contribution < -0.4 is 5.32 Å². The van der Waals surface area contributed by atoms with E-state index < -0.39 is 12.1 Å². The summed E-state index contributed by atoms with van der Waals surface area (Å²) >= 11 is 1.50. The quantitative estimate of drug-likeness (QED) is 0.612. The second kappa shape index (κ2) is 8.45. The maximum Gasteiger partial charge on any atom is 0.349 e. The first-order chi connectivity index (χ1) is 11.0. The number of carbonyl (C=O) groups excluding carboxylic acids is 2. The summed E-state index contributed by atoms with van der Waals surface area (Å²) in [5, 5.41) is 2.66. The number of aryl methyl sites for hydroxylation is 1. The molecule has 2 rings (SSSR count). The Bertz CT molecular complexity index is 555. The molecule has 0 saturated heterocycles. The van der Waals surface area contributed by atoms with Gasteiger partial charge in [-0.15, -0.1) is 11.3 Å². The van der Waals surface area contributed by atoms with Gasteiger partial charge in [-0.1, -0.05) is 13.3 Å². The smallest absolute Gasteiger partial charge is 0.349 e. The average molecular weight is 339 g/mol. The molecule has 0 spiro atoms. The first-order valence-corrected chi connectivity index (χ1v) is 8.96. The van der Waals surface area contributed by atoms with Gasteiger partial charge in [-0.25, -0.2) is 4.79 Å². The highest BCUT2D eigenvalue weighted by molar-refractivity contribution is 7.14. The molecule has 1 aromatic rings. The molecule has 0 fully saturated rings. The summed E-state index contributed by atoms with van der Waals surface area (Å²) < 4.78 is 10.1. The van der Waals surface area contributed by atoms with Gasteiger partial charge in [0.1, 0.15) is 4.88 Å². The number of rotatable bonds is 7. The van der Waals surface area contributed by atoms with Gasteiger partial charge >= 0.3 is 5.97 Å². The Morgan fingerprint density at radius 2 is 2.26 bits per heavy atom. The summed E-state index contributed by atoms with van der Waals surface area (Å²) in [5.74, 6) is 0.000984. The number of hydrogen-bond donors (Lipinski definition) is 1. The Kier molecular flexibility index (Phi) is 6.59. The van der Waals surface area contributed by atoms with Gasteiger partial charge in [0, 0.05) is 18.5 Å². The standard InChI is InChI=1S/C17H25NO4S/c1-4-12-5-6-14-13(9-12)10-15(23-14)17(20)22-11(2)16(19)18-7-8-21-3/h10-12H,4-9H2,1-3H3,(H,18,19)/t11-,12+/m0/s1. The third-order valence-corrected chi connectivity index (χ3v) is 5.44. The van der Waals surface area contributed by atoms with Crippen molar-refractivity contribution in [2.24, 2.45) is 5.92 Å². The number of hydrogen-bond acceptors (Lipinski definition) is 5. The van der Waals surface area contributed by atoms with E-state index in [1.54, 1.807) is 14.0 Å². The molecular formula is C17H25NO4S. The molecule has 1 aliphatic carbocycles. The molecule has 1 N–H and O–H groups in total. The minimum atomic E-state index is -0.804. The second-order valence-corrected chi connectivity index (χ2v) is 7.04. The summed E-state index contributed by atoms with van der Waals surface area (Å²) in [5.41, 5.74) is 1.28. The fraction of sp³-hybridized carbons (Fsp3) is 0.647. The van der Waals surface area contributed by atoms with Crippen LogP contribution >= 0.6 is 11.3 Å². The van der Waals surface area contributed by atoms with Gasteiger partial charge in [-0.3, -0.25) is 4.79 Å². The lowest BCUT2D eigenvalue weighted by molar-refractivity contribution is -0.129. The predicted molar refractivity (Wildman–Crippen MR) is 89.9 cm³/mol. The van der Waals surface area contributed by atoms with Gasteiger partial charge in [-0.05, 0) is 43.7 Å². The lowest BCUT2D eigenvalue weighted by atomic mass is 9.87. The number of thiophene rings is 1. The molecule has 23 heavy (non-hydrogen) atoms. The normalized spacial score (nSPS) is 18.1. The minimum Gasteiger partial charge on any atom is -0.448 e. The molecule has 0 aliphatic heterocycles. The molecule has 0 aromatic carbocycles. The molecule has 1 aromatic heterocycles. The maximum atomic E-state index is 12.2. The van der Waals surface area contributed by atoms with Crippen molar-refractivity contribution >= 4 is 23.2 Å². The zero-order chi connectivity index (χ0) is 16.8. The van der Waals surface area contributed by atoms with E-state index in [4.69, 9.17) is 9.47 Å². The van der Waals surface area contributed by atoms with E-state index in [9.17, 15) is 9.59 Å². The molecule has 128 valence electrons. The molecule has 0 radical (unpaired) electrons. The van der Waals surface area contributed by atoms with Crippen LogP contribution in [0.2, 0.25) is 0 Å². The highest BCUT2D eigenvalue weighted by atomic mass is 32.1. The van der Waals surface area contributed by atoms with Crippen LogP contribution in [0.25, 0.3) is 0 Å². The SMILES string of the molecule is CC[C@@H]1CCc2sc(C(=O)O[C@@H](C)C(=O)NCCOC)cc2C1. The van der Waals surface area contributed by atoms with Crippen LogP contribution in [0.15, 0.2) is 6.07 Å². The van der Waals surface area contributed by atoms with Crippen LogP contribution in [0.5, 0.6) is 0 Å². The molecule has 1 amide bonds. The van der Waals surface area contributed by atoms with Crippen molar-refractivity contribution in [3.05, 3.63) is 21.4 Å². The summed E-state index contributed by atoms with van der Waals surface area (Å²) in [7, 11) is 1.57. The molecule has 1 heterocycles. The fourth-order valence-electron chi connectivity index (χ4n) is 2.74. The summed E-state index contributed by atoms with van der Waals surface area (Å²) in [6.45, 7) is 4.63. The maximum absolute atomic E-state index is 12.2. The number of carbonyl (C=O) groups is 2. The van der Waals surface area contributed by atoms with Gasteiger partial charge in [-0.2, -0.15) is 0 Å². The molecular weight excluding hydrogens is 314 g/mol. The molecule has 1 aliphatic rings. The highest BCUT2D eigenvalue weighted by Crippen LogP contribution is 2.33. The van der Waals surface area contributed by atoms with Crippen LogP contribution in [0.4, 0.5) is 0 Å². The Labute approximate surface area is 141 Å². The van der Waals surface area contributed by atoms with Gasteiger partial charge in [0.25, 0.3) is 5.91 Å². The van der Waals surface area contributed by atoms with E-state index in [0.29, 0.717) is 23.9 Å². The number of fused-ring (bicyclic) bond motifs is 1. The Morgan fingerprint density at radius 3 is 2.96 bits per heavy atom. The van der Waals surface area contributed by atoms with E-state index >= 15 is 0 Å². The zero-order valence-electron chi connectivity index (χ0n) is 14.0. The highest BCUT2D eigenvalue weighted by Gasteiger charge is 2.24. The number of methoxy groups -OCH3 is 1. The van der Waals surface area contributed by atoms with E-state index in [0.717, 1.165) is 12.8 Å². The number of ether oxygens (including phenoxy) is 2. The van der Waals surface area contributed by atoms with Crippen LogP contribution in [0.1, 0.15) is 46.8 Å². The summed E-state index contributed by atoms with van der Waals surface area (Å²) in [6.07, 6.45) is 3.65. The lowest BCUT2D eigenvalue weighted by Crippen LogP contribution is -2.37. The van der Waals surface area contributed by atoms with Crippen LogP contribution in [-0.4, -0.2) is 38.2 Å². The van der Waals surface area contributed by atoms with Gasteiger partial charge in [0.15, 0.2) is 6.10 Å². The van der Waals surface area contributed by atoms with Crippen molar-refractivity contribution in [2.45, 2.75) is 45.6 Å². The Morgan fingerprint density at radius 1 is 1.48 bits per heavy atom. The van der Waals surface area contributed by atoms with Gasteiger partial charge in [0.05, 0.1) is 6.61 Å². The van der Waals surface area contributed by atoms with Gasteiger partial charge < -0.3 is 14.8 Å². The van der Waals surface area contributed by atoms with Crippen molar-refractivity contribution in [1.29, 1.82) is 0 Å². The third kappa shape index (κ3) is 4.78. The van der Waals surface area contributed by atoms with Crippen molar-refractivity contribution in [3.8, 4) is 0 Å². The first-order valence-electron chi connectivity index (χ1n) is 8.14. The second-order valence-electron chi connectivity index (χ2n) is 5.91. The third-order valence-electron chi connectivity index (χ3n) is 4.22. The summed E-state index contributed by atoms with van der Waals surface area (Å²) in [4.78, 5) is 26.0.